The molecule has 2 aliphatic rings. The molecule has 1 aromatic rings. The van der Waals surface area contributed by atoms with Crippen LogP contribution in [0.3, 0.4) is 0 Å². The zero-order valence-corrected chi connectivity index (χ0v) is 16.8. The Kier molecular flexibility index (Phi) is 7.28. The summed E-state index contributed by atoms with van der Waals surface area (Å²) >= 11 is 0. The molecule has 0 bridgehead atoms. The van der Waals surface area contributed by atoms with E-state index in [4.69, 9.17) is 0 Å². The van der Waals surface area contributed by atoms with Gasteiger partial charge in [-0.2, -0.15) is 0 Å². The highest BCUT2D eigenvalue weighted by Gasteiger charge is 2.27. The number of piperazine rings is 1. The molecule has 154 valence electrons. The molecule has 1 aromatic carbocycles. The number of likely N-dealkylation sites (tertiary alicyclic amines) is 1. The van der Waals surface area contributed by atoms with Crippen molar-refractivity contribution in [2.45, 2.75) is 38.8 Å². The van der Waals surface area contributed by atoms with E-state index in [1.807, 2.05) is 36.1 Å². The van der Waals surface area contributed by atoms with Gasteiger partial charge in [0, 0.05) is 38.8 Å². The lowest BCUT2D eigenvalue weighted by atomic mass is 10.0. The maximum absolute atomic E-state index is 12.5. The van der Waals surface area contributed by atoms with E-state index in [1.165, 1.54) is 5.56 Å². The standard InChI is InChI=1S/C21H32N4O3/c1-17-5-7-18(8-6-17)14-24-12-13-25(15-20(24)27)21(28)22-9-11-23-10-3-2-4-19(23)16-26/h5-8,19,26H,2-4,9-16H2,1H3,(H,22,28). The largest absolute Gasteiger partial charge is 0.395 e. The van der Waals surface area contributed by atoms with Crippen molar-refractivity contribution in [3.8, 4) is 0 Å². The van der Waals surface area contributed by atoms with Crippen molar-refractivity contribution in [3.05, 3.63) is 35.4 Å². The van der Waals surface area contributed by atoms with Crippen molar-refractivity contribution in [1.29, 1.82) is 0 Å². The van der Waals surface area contributed by atoms with Crippen LogP contribution in [0.4, 0.5) is 4.79 Å². The van der Waals surface area contributed by atoms with Gasteiger partial charge in [-0.15, -0.1) is 0 Å². The predicted molar refractivity (Wildman–Crippen MR) is 108 cm³/mol. The molecule has 0 radical (unpaired) electrons. The van der Waals surface area contributed by atoms with Gasteiger partial charge in [-0.3, -0.25) is 9.69 Å². The summed E-state index contributed by atoms with van der Waals surface area (Å²) in [6.07, 6.45) is 3.31. The maximum Gasteiger partial charge on any atom is 0.317 e. The van der Waals surface area contributed by atoms with Gasteiger partial charge in [0.05, 0.1) is 6.61 Å². The first-order valence-corrected chi connectivity index (χ1v) is 10.3. The third-order valence-corrected chi connectivity index (χ3v) is 5.73. The number of amides is 3. The van der Waals surface area contributed by atoms with Gasteiger partial charge in [0.1, 0.15) is 6.54 Å². The van der Waals surface area contributed by atoms with E-state index in [-0.39, 0.29) is 31.1 Å². The van der Waals surface area contributed by atoms with Crippen molar-refractivity contribution >= 4 is 11.9 Å². The van der Waals surface area contributed by atoms with E-state index < -0.39 is 0 Å². The van der Waals surface area contributed by atoms with Crippen LogP contribution in [0.2, 0.25) is 0 Å². The zero-order chi connectivity index (χ0) is 19.9. The predicted octanol–water partition coefficient (Wildman–Crippen LogP) is 1.20. The van der Waals surface area contributed by atoms with E-state index in [9.17, 15) is 14.7 Å². The van der Waals surface area contributed by atoms with Gasteiger partial charge in [0.15, 0.2) is 0 Å². The Morgan fingerprint density at radius 3 is 2.68 bits per heavy atom. The summed E-state index contributed by atoms with van der Waals surface area (Å²) < 4.78 is 0. The molecular weight excluding hydrogens is 356 g/mol. The normalized spacial score (nSPS) is 21.1. The van der Waals surface area contributed by atoms with Gasteiger partial charge in [-0.25, -0.2) is 4.79 Å². The number of piperidine rings is 1. The van der Waals surface area contributed by atoms with Gasteiger partial charge in [0.25, 0.3) is 0 Å². The van der Waals surface area contributed by atoms with Crippen LogP contribution in [-0.2, 0) is 11.3 Å². The SMILES string of the molecule is Cc1ccc(CN2CCN(C(=O)NCCN3CCCCC3CO)CC2=O)cc1. The molecule has 2 heterocycles. The van der Waals surface area contributed by atoms with Crippen LogP contribution in [-0.4, -0.2) is 83.7 Å². The van der Waals surface area contributed by atoms with E-state index in [0.717, 1.165) is 37.9 Å². The molecule has 1 unspecified atom stereocenters. The highest BCUT2D eigenvalue weighted by atomic mass is 16.3. The van der Waals surface area contributed by atoms with E-state index in [2.05, 4.69) is 10.2 Å². The summed E-state index contributed by atoms with van der Waals surface area (Å²) in [5.41, 5.74) is 2.31. The minimum Gasteiger partial charge on any atom is -0.395 e. The van der Waals surface area contributed by atoms with Gasteiger partial charge in [0.2, 0.25) is 5.91 Å². The van der Waals surface area contributed by atoms with Crippen molar-refractivity contribution < 1.29 is 14.7 Å². The summed E-state index contributed by atoms with van der Waals surface area (Å²) in [4.78, 5) is 30.5. The Bertz CT molecular complexity index is 664. The fourth-order valence-corrected chi connectivity index (χ4v) is 3.94. The summed E-state index contributed by atoms with van der Waals surface area (Å²) in [7, 11) is 0. The highest BCUT2D eigenvalue weighted by Crippen LogP contribution is 2.16. The Morgan fingerprint density at radius 2 is 1.96 bits per heavy atom. The molecule has 28 heavy (non-hydrogen) atoms. The van der Waals surface area contributed by atoms with Gasteiger partial charge in [-0.1, -0.05) is 36.2 Å². The lowest BCUT2D eigenvalue weighted by Crippen LogP contribution is -2.55. The number of hydrogen-bond acceptors (Lipinski definition) is 4. The number of aryl methyl sites for hydroxylation is 1. The average Bonchev–Trinajstić information content (AvgIpc) is 2.71. The molecule has 7 heteroatoms. The third-order valence-electron chi connectivity index (χ3n) is 5.73. The molecule has 0 aromatic heterocycles. The topological polar surface area (TPSA) is 76.1 Å². The second-order valence-electron chi connectivity index (χ2n) is 7.82. The van der Waals surface area contributed by atoms with E-state index in [1.54, 1.807) is 4.90 Å². The van der Waals surface area contributed by atoms with Crippen molar-refractivity contribution in [2.24, 2.45) is 0 Å². The molecule has 0 spiro atoms. The molecule has 7 nitrogen and oxygen atoms in total. The highest BCUT2D eigenvalue weighted by molar-refractivity contribution is 5.85. The molecule has 2 fully saturated rings. The van der Waals surface area contributed by atoms with Crippen LogP contribution < -0.4 is 5.32 Å². The Morgan fingerprint density at radius 1 is 1.18 bits per heavy atom. The lowest BCUT2D eigenvalue weighted by Gasteiger charge is -2.36. The van der Waals surface area contributed by atoms with Crippen LogP contribution in [0.1, 0.15) is 30.4 Å². The number of urea groups is 1. The summed E-state index contributed by atoms with van der Waals surface area (Å²) in [5.74, 6) is -0.0154. The molecule has 3 amide bonds. The van der Waals surface area contributed by atoms with Crippen molar-refractivity contribution in [3.63, 3.8) is 0 Å². The fraction of sp³-hybridized carbons (Fsp3) is 0.619. The number of carbonyl (C=O) groups is 2. The number of benzene rings is 1. The van der Waals surface area contributed by atoms with Crippen LogP contribution in [0.15, 0.2) is 24.3 Å². The second kappa shape index (κ2) is 9.89. The van der Waals surface area contributed by atoms with E-state index >= 15 is 0 Å². The molecule has 0 aliphatic carbocycles. The number of carbonyl (C=O) groups excluding carboxylic acids is 2. The smallest absolute Gasteiger partial charge is 0.317 e. The Hall–Kier alpha value is -2.12. The first-order valence-electron chi connectivity index (χ1n) is 10.3. The minimum atomic E-state index is -0.180. The van der Waals surface area contributed by atoms with Crippen molar-refractivity contribution in [2.75, 3.05) is 45.9 Å². The minimum absolute atomic E-state index is 0.0154. The molecule has 2 aliphatic heterocycles. The second-order valence-corrected chi connectivity index (χ2v) is 7.82. The van der Waals surface area contributed by atoms with Crippen LogP contribution in [0.5, 0.6) is 0 Å². The number of hydrogen-bond donors (Lipinski definition) is 2. The number of nitrogens with one attached hydrogen (secondary N) is 1. The number of aliphatic hydroxyl groups excluding tert-OH is 1. The van der Waals surface area contributed by atoms with Gasteiger partial charge < -0.3 is 20.2 Å². The Labute approximate surface area is 167 Å². The van der Waals surface area contributed by atoms with Crippen LogP contribution in [0, 0.1) is 6.92 Å². The number of rotatable bonds is 6. The molecular formula is C21H32N4O3. The molecule has 3 rings (SSSR count). The fourth-order valence-electron chi connectivity index (χ4n) is 3.94. The molecule has 2 saturated heterocycles. The summed E-state index contributed by atoms with van der Waals surface area (Å²) in [6, 6.07) is 8.21. The van der Waals surface area contributed by atoms with Crippen LogP contribution in [0.25, 0.3) is 0 Å². The zero-order valence-electron chi connectivity index (χ0n) is 16.8. The number of nitrogens with zero attached hydrogens (tertiary/aromatic N) is 3. The van der Waals surface area contributed by atoms with E-state index in [0.29, 0.717) is 26.2 Å². The maximum atomic E-state index is 12.5. The molecule has 1 atom stereocenters. The molecule has 0 saturated carbocycles. The van der Waals surface area contributed by atoms with Crippen LogP contribution >= 0.6 is 0 Å². The monoisotopic (exact) mass is 388 g/mol. The quantitative estimate of drug-likeness (QED) is 0.768. The first-order chi connectivity index (χ1) is 13.6. The van der Waals surface area contributed by atoms with Gasteiger partial charge in [-0.05, 0) is 31.9 Å². The van der Waals surface area contributed by atoms with Gasteiger partial charge >= 0.3 is 6.03 Å². The lowest BCUT2D eigenvalue weighted by molar-refractivity contribution is -0.135. The first kappa shape index (κ1) is 20.6. The van der Waals surface area contributed by atoms with Crippen molar-refractivity contribution in [1.82, 2.24) is 20.0 Å². The summed E-state index contributed by atoms with van der Waals surface area (Å²) in [5, 5.41) is 12.4. The third kappa shape index (κ3) is 5.45. The molecule has 2 N–H and O–H groups in total. The Balaban J connectivity index is 1.41. The number of aliphatic hydroxyl groups is 1. The average molecular weight is 389 g/mol. The summed E-state index contributed by atoms with van der Waals surface area (Å²) in [6.45, 7) is 6.27.